The lowest BCUT2D eigenvalue weighted by Crippen LogP contribution is -2.07. The molecular weight excluding hydrogens is 246 g/mol. The average molecular weight is 265 g/mol. The smallest absolute Gasteiger partial charge is 0.102 e. The lowest BCUT2D eigenvalue weighted by atomic mass is 10.1. The van der Waals surface area contributed by atoms with Gasteiger partial charge in [0.1, 0.15) is 6.10 Å². The normalized spacial score (nSPS) is 14.7. The van der Waals surface area contributed by atoms with Crippen molar-refractivity contribution in [3.05, 3.63) is 34.0 Å². The Morgan fingerprint density at radius 3 is 2.89 bits per heavy atom. The molecule has 2 unspecified atom stereocenters. The van der Waals surface area contributed by atoms with E-state index in [1.54, 1.807) is 11.3 Å². The summed E-state index contributed by atoms with van der Waals surface area (Å²) in [5, 5.41) is 17.5. The third-order valence-electron chi connectivity index (χ3n) is 3.09. The zero-order chi connectivity index (χ0) is 13.1. The Kier molecular flexibility index (Phi) is 4.14. The summed E-state index contributed by atoms with van der Waals surface area (Å²) in [6.07, 6.45) is 2.99. The Morgan fingerprint density at radius 2 is 2.28 bits per heavy atom. The molecule has 18 heavy (non-hydrogen) atoms. The van der Waals surface area contributed by atoms with Crippen LogP contribution in [0.5, 0.6) is 0 Å². The summed E-state index contributed by atoms with van der Waals surface area (Å²) in [6, 6.07) is 2.37. The van der Waals surface area contributed by atoms with Crippen LogP contribution < -0.4 is 0 Å². The molecule has 0 spiro atoms. The Hall–Kier alpha value is -1.20. The molecule has 1 N–H and O–H groups in total. The first-order valence-corrected chi connectivity index (χ1v) is 7.12. The maximum atomic E-state index is 10.1. The molecule has 0 amide bonds. The van der Waals surface area contributed by atoms with E-state index in [1.807, 2.05) is 29.2 Å². The summed E-state index contributed by atoms with van der Waals surface area (Å²) in [4.78, 5) is 4.30. The van der Waals surface area contributed by atoms with Crippen molar-refractivity contribution < 1.29 is 5.11 Å². The molecule has 5 heteroatoms. The summed E-state index contributed by atoms with van der Waals surface area (Å²) in [5.74, 6) is 0. The monoisotopic (exact) mass is 265 g/mol. The van der Waals surface area contributed by atoms with Gasteiger partial charge in [-0.2, -0.15) is 5.10 Å². The molecule has 0 bridgehead atoms. The second-order valence-corrected chi connectivity index (χ2v) is 5.62. The van der Waals surface area contributed by atoms with Crippen molar-refractivity contribution >= 4 is 11.3 Å². The van der Waals surface area contributed by atoms with Gasteiger partial charge in [0.15, 0.2) is 0 Å². The highest BCUT2D eigenvalue weighted by Crippen LogP contribution is 2.20. The maximum absolute atomic E-state index is 10.1. The SMILES string of the molecule is CCC(C)n1ccc(CC(O)c2csc(C)n2)n1. The van der Waals surface area contributed by atoms with E-state index in [9.17, 15) is 5.11 Å². The van der Waals surface area contributed by atoms with Crippen LogP contribution in [-0.2, 0) is 6.42 Å². The summed E-state index contributed by atoms with van der Waals surface area (Å²) in [5.41, 5.74) is 1.66. The van der Waals surface area contributed by atoms with E-state index in [0.29, 0.717) is 12.5 Å². The average Bonchev–Trinajstić information content (AvgIpc) is 2.97. The van der Waals surface area contributed by atoms with E-state index in [2.05, 4.69) is 23.9 Å². The van der Waals surface area contributed by atoms with Gasteiger partial charge in [-0.05, 0) is 26.3 Å². The number of hydrogen-bond donors (Lipinski definition) is 1. The standard InChI is InChI=1S/C13H19N3OS/c1-4-9(2)16-6-5-11(15-16)7-13(17)12-8-18-10(3)14-12/h5-6,8-9,13,17H,4,7H2,1-3H3. The fourth-order valence-electron chi connectivity index (χ4n) is 1.75. The fourth-order valence-corrected chi connectivity index (χ4v) is 2.41. The number of aromatic nitrogens is 3. The molecule has 2 heterocycles. The highest BCUT2D eigenvalue weighted by atomic mass is 32.1. The first kappa shape index (κ1) is 13.2. The van der Waals surface area contributed by atoms with Gasteiger partial charge in [0, 0.05) is 24.0 Å². The van der Waals surface area contributed by atoms with Gasteiger partial charge in [-0.25, -0.2) is 4.98 Å². The highest BCUT2D eigenvalue weighted by molar-refractivity contribution is 7.09. The van der Waals surface area contributed by atoms with Crippen molar-refractivity contribution in [1.82, 2.24) is 14.8 Å². The topological polar surface area (TPSA) is 50.9 Å². The number of aliphatic hydroxyl groups excluding tert-OH is 1. The van der Waals surface area contributed by atoms with Gasteiger partial charge in [0.05, 0.1) is 16.4 Å². The molecule has 2 aromatic heterocycles. The molecule has 2 rings (SSSR count). The van der Waals surface area contributed by atoms with Crippen molar-refractivity contribution in [2.45, 2.75) is 45.8 Å². The minimum absolute atomic E-state index is 0.400. The van der Waals surface area contributed by atoms with Crippen LogP contribution in [-0.4, -0.2) is 19.9 Å². The lowest BCUT2D eigenvalue weighted by Gasteiger charge is -2.09. The number of aryl methyl sites for hydroxylation is 1. The molecule has 0 aliphatic heterocycles. The van der Waals surface area contributed by atoms with Crippen molar-refractivity contribution in [3.8, 4) is 0 Å². The summed E-state index contributed by atoms with van der Waals surface area (Å²) >= 11 is 1.56. The van der Waals surface area contributed by atoms with Crippen molar-refractivity contribution in [3.63, 3.8) is 0 Å². The molecule has 0 aromatic carbocycles. The highest BCUT2D eigenvalue weighted by Gasteiger charge is 2.14. The van der Waals surface area contributed by atoms with Gasteiger partial charge in [-0.15, -0.1) is 11.3 Å². The number of thiazole rings is 1. The second-order valence-electron chi connectivity index (χ2n) is 4.56. The lowest BCUT2D eigenvalue weighted by molar-refractivity contribution is 0.172. The number of aliphatic hydroxyl groups is 1. The van der Waals surface area contributed by atoms with E-state index >= 15 is 0 Å². The van der Waals surface area contributed by atoms with E-state index in [1.165, 1.54) is 0 Å². The Labute approximate surface area is 111 Å². The second kappa shape index (κ2) is 5.63. The van der Waals surface area contributed by atoms with Crippen LogP contribution in [0.4, 0.5) is 0 Å². The largest absolute Gasteiger partial charge is 0.386 e. The van der Waals surface area contributed by atoms with E-state index in [0.717, 1.165) is 22.8 Å². The van der Waals surface area contributed by atoms with Gasteiger partial charge in [-0.1, -0.05) is 6.92 Å². The van der Waals surface area contributed by atoms with Gasteiger partial charge >= 0.3 is 0 Å². The van der Waals surface area contributed by atoms with Crippen LogP contribution in [0.25, 0.3) is 0 Å². The van der Waals surface area contributed by atoms with Crippen LogP contribution in [0.15, 0.2) is 17.6 Å². The summed E-state index contributed by atoms with van der Waals surface area (Å²) in [7, 11) is 0. The van der Waals surface area contributed by atoms with Crippen LogP contribution in [0.2, 0.25) is 0 Å². The fraction of sp³-hybridized carbons (Fsp3) is 0.538. The minimum Gasteiger partial charge on any atom is -0.386 e. The van der Waals surface area contributed by atoms with Crippen molar-refractivity contribution in [2.24, 2.45) is 0 Å². The van der Waals surface area contributed by atoms with Gasteiger partial charge in [0.25, 0.3) is 0 Å². The molecule has 0 aliphatic carbocycles. The van der Waals surface area contributed by atoms with Gasteiger partial charge in [0.2, 0.25) is 0 Å². The summed E-state index contributed by atoms with van der Waals surface area (Å²) < 4.78 is 1.95. The zero-order valence-corrected chi connectivity index (χ0v) is 11.8. The molecular formula is C13H19N3OS. The quantitative estimate of drug-likeness (QED) is 0.904. The van der Waals surface area contributed by atoms with Crippen LogP contribution in [0.3, 0.4) is 0 Å². The van der Waals surface area contributed by atoms with Gasteiger partial charge < -0.3 is 5.11 Å². The Balaban J connectivity index is 2.03. The first-order chi connectivity index (χ1) is 8.60. The van der Waals surface area contributed by atoms with E-state index < -0.39 is 6.10 Å². The third kappa shape index (κ3) is 2.97. The number of rotatable bonds is 5. The maximum Gasteiger partial charge on any atom is 0.102 e. The molecule has 0 saturated heterocycles. The Bertz CT molecular complexity index is 506. The first-order valence-electron chi connectivity index (χ1n) is 6.24. The van der Waals surface area contributed by atoms with Gasteiger partial charge in [-0.3, -0.25) is 4.68 Å². The summed E-state index contributed by atoms with van der Waals surface area (Å²) in [6.45, 7) is 6.22. The predicted octanol–water partition coefficient (Wildman–Crippen LogP) is 2.90. The van der Waals surface area contributed by atoms with Crippen LogP contribution in [0.1, 0.15) is 48.8 Å². The van der Waals surface area contributed by atoms with Crippen LogP contribution in [0, 0.1) is 6.92 Å². The molecule has 98 valence electrons. The molecule has 0 saturated carbocycles. The van der Waals surface area contributed by atoms with E-state index in [4.69, 9.17) is 0 Å². The molecule has 0 aliphatic rings. The molecule has 4 nitrogen and oxygen atoms in total. The third-order valence-corrected chi connectivity index (χ3v) is 3.88. The minimum atomic E-state index is -0.560. The van der Waals surface area contributed by atoms with Crippen LogP contribution >= 0.6 is 11.3 Å². The zero-order valence-electron chi connectivity index (χ0n) is 11.0. The van der Waals surface area contributed by atoms with Crippen molar-refractivity contribution in [1.29, 1.82) is 0 Å². The Morgan fingerprint density at radius 1 is 1.50 bits per heavy atom. The van der Waals surface area contributed by atoms with Crippen molar-refractivity contribution in [2.75, 3.05) is 0 Å². The predicted molar refractivity (Wildman–Crippen MR) is 72.7 cm³/mol. The molecule has 2 atom stereocenters. The number of hydrogen-bond acceptors (Lipinski definition) is 4. The molecule has 0 fully saturated rings. The van der Waals surface area contributed by atoms with E-state index in [-0.39, 0.29) is 0 Å². The molecule has 2 aromatic rings. The molecule has 0 radical (unpaired) electrons. The number of nitrogens with zero attached hydrogens (tertiary/aromatic N) is 3.